The van der Waals surface area contributed by atoms with E-state index in [0.717, 1.165) is 51.0 Å². The summed E-state index contributed by atoms with van der Waals surface area (Å²) in [6.45, 7) is 3.41. The van der Waals surface area contributed by atoms with Gasteiger partial charge in [0.25, 0.3) is 0 Å². The van der Waals surface area contributed by atoms with Gasteiger partial charge in [-0.05, 0) is 37.0 Å². The van der Waals surface area contributed by atoms with E-state index in [1.54, 1.807) is 0 Å². The molecule has 0 saturated carbocycles. The Balaban J connectivity index is 1.58. The highest BCUT2D eigenvalue weighted by atomic mass is 16.5. The second kappa shape index (κ2) is 5.61. The average Bonchev–Trinajstić information content (AvgIpc) is 3.01. The molecule has 0 bridgehead atoms. The van der Waals surface area contributed by atoms with Crippen LogP contribution in [0.3, 0.4) is 0 Å². The highest BCUT2D eigenvalue weighted by Gasteiger charge is 2.45. The van der Waals surface area contributed by atoms with E-state index in [4.69, 9.17) is 4.74 Å². The third kappa shape index (κ3) is 2.41. The zero-order valence-electron chi connectivity index (χ0n) is 12.7. The van der Waals surface area contributed by atoms with Gasteiger partial charge >= 0.3 is 0 Å². The molecule has 2 aliphatic heterocycles. The van der Waals surface area contributed by atoms with Gasteiger partial charge in [0.2, 0.25) is 0 Å². The van der Waals surface area contributed by atoms with E-state index >= 15 is 0 Å². The van der Waals surface area contributed by atoms with Crippen LogP contribution in [0.25, 0.3) is 10.9 Å². The largest absolute Gasteiger partial charge is 0.390 e. The molecular formula is C18H22N2O2. The van der Waals surface area contributed by atoms with Gasteiger partial charge in [-0.1, -0.05) is 18.2 Å². The van der Waals surface area contributed by atoms with Crippen LogP contribution in [0.1, 0.15) is 24.8 Å². The van der Waals surface area contributed by atoms with Crippen molar-refractivity contribution in [3.05, 3.63) is 42.1 Å². The van der Waals surface area contributed by atoms with Gasteiger partial charge in [0.1, 0.15) is 5.60 Å². The minimum atomic E-state index is -0.332. The average molecular weight is 298 g/mol. The molecule has 4 heteroatoms. The predicted molar refractivity (Wildman–Crippen MR) is 85.6 cm³/mol. The number of rotatable bonds is 2. The molecule has 4 nitrogen and oxygen atoms in total. The number of hydrogen-bond acceptors (Lipinski definition) is 4. The first-order valence-corrected chi connectivity index (χ1v) is 8.14. The van der Waals surface area contributed by atoms with Crippen LogP contribution < -0.4 is 0 Å². The molecule has 2 aromatic rings. The molecule has 1 spiro atoms. The van der Waals surface area contributed by atoms with Crippen molar-refractivity contribution in [2.75, 3.05) is 19.7 Å². The number of aliphatic hydroxyl groups excluding tert-OH is 1. The molecule has 1 aromatic carbocycles. The summed E-state index contributed by atoms with van der Waals surface area (Å²) >= 11 is 0. The first kappa shape index (κ1) is 14.1. The van der Waals surface area contributed by atoms with Crippen molar-refractivity contribution in [2.45, 2.75) is 37.5 Å². The smallest absolute Gasteiger partial charge is 0.107 e. The van der Waals surface area contributed by atoms with E-state index in [9.17, 15) is 5.11 Å². The van der Waals surface area contributed by atoms with Gasteiger partial charge in [-0.15, -0.1) is 0 Å². The molecule has 1 aromatic heterocycles. The van der Waals surface area contributed by atoms with Crippen molar-refractivity contribution < 1.29 is 9.84 Å². The first-order chi connectivity index (χ1) is 10.8. The number of aromatic nitrogens is 1. The third-order valence-corrected chi connectivity index (χ3v) is 5.08. The van der Waals surface area contributed by atoms with Gasteiger partial charge in [-0.25, -0.2) is 0 Å². The number of likely N-dealkylation sites (tertiary alicyclic amines) is 1. The van der Waals surface area contributed by atoms with E-state index in [2.05, 4.69) is 34.1 Å². The molecule has 0 radical (unpaired) electrons. The topological polar surface area (TPSA) is 45.6 Å². The number of piperidine rings is 1. The molecule has 2 aliphatic rings. The van der Waals surface area contributed by atoms with Gasteiger partial charge in [0.15, 0.2) is 0 Å². The number of pyridine rings is 1. The van der Waals surface area contributed by atoms with Gasteiger partial charge in [-0.2, -0.15) is 0 Å². The molecule has 116 valence electrons. The molecule has 1 N–H and O–H groups in total. The number of nitrogens with zero attached hydrogens (tertiary/aromatic N) is 2. The Bertz CT molecular complexity index is 662. The monoisotopic (exact) mass is 298 g/mol. The number of benzene rings is 1. The second-order valence-electron chi connectivity index (χ2n) is 6.52. The normalized spacial score (nSPS) is 29.4. The maximum absolute atomic E-state index is 10.4. The molecular weight excluding hydrogens is 276 g/mol. The number of ether oxygens (including phenoxy) is 1. The van der Waals surface area contributed by atoms with Crippen LogP contribution in [0.4, 0.5) is 0 Å². The molecule has 2 saturated heterocycles. The highest BCUT2D eigenvalue weighted by molar-refractivity contribution is 5.81. The molecule has 0 amide bonds. The number of hydrogen-bond donors (Lipinski definition) is 1. The van der Waals surface area contributed by atoms with Crippen molar-refractivity contribution >= 4 is 10.9 Å². The van der Waals surface area contributed by atoms with Crippen molar-refractivity contribution in [1.82, 2.24) is 9.88 Å². The van der Waals surface area contributed by atoms with Crippen LogP contribution in [0, 0.1) is 0 Å². The summed E-state index contributed by atoms with van der Waals surface area (Å²) in [6, 6.07) is 10.4. The fraction of sp³-hybridized carbons (Fsp3) is 0.500. The van der Waals surface area contributed by atoms with E-state index in [-0.39, 0.29) is 11.7 Å². The summed E-state index contributed by atoms with van der Waals surface area (Å²) < 4.78 is 5.95. The maximum Gasteiger partial charge on any atom is 0.107 e. The minimum Gasteiger partial charge on any atom is -0.390 e. The summed E-state index contributed by atoms with van der Waals surface area (Å²) in [5.74, 6) is 0. The van der Waals surface area contributed by atoms with Crippen molar-refractivity contribution in [2.24, 2.45) is 0 Å². The third-order valence-electron chi connectivity index (χ3n) is 5.08. The number of fused-ring (bicyclic) bond motifs is 1. The standard InChI is InChI=1S/C18H22N2O2/c21-17-7-10-20(13-18(17)8-3-11-22-18)12-14-6-9-19-16-5-2-1-4-15(14)16/h1-2,4-6,9,17,21H,3,7-8,10-13H2/t17-,18-/m0/s1. The lowest BCUT2D eigenvalue weighted by molar-refractivity contribution is -0.132. The number of para-hydroxylation sites is 1. The van der Waals surface area contributed by atoms with Crippen molar-refractivity contribution in [1.29, 1.82) is 0 Å². The van der Waals surface area contributed by atoms with Crippen LogP contribution in [0.5, 0.6) is 0 Å². The maximum atomic E-state index is 10.4. The quantitative estimate of drug-likeness (QED) is 0.924. The molecule has 3 heterocycles. The lowest BCUT2D eigenvalue weighted by Gasteiger charge is -2.43. The number of aliphatic hydroxyl groups is 1. The zero-order chi connectivity index (χ0) is 15.0. The van der Waals surface area contributed by atoms with Crippen LogP contribution >= 0.6 is 0 Å². The second-order valence-corrected chi connectivity index (χ2v) is 6.52. The van der Waals surface area contributed by atoms with Crippen LogP contribution in [-0.4, -0.2) is 46.4 Å². The SMILES string of the molecule is O[C@H]1CCN(Cc2ccnc3ccccc23)C[C@@]12CCCO2. The molecule has 2 atom stereocenters. The Morgan fingerprint density at radius 2 is 2.23 bits per heavy atom. The Morgan fingerprint density at radius 3 is 3.09 bits per heavy atom. The fourth-order valence-corrected chi connectivity index (χ4v) is 3.91. The Hall–Kier alpha value is -1.49. The summed E-state index contributed by atoms with van der Waals surface area (Å²) in [5, 5.41) is 11.6. The molecule has 4 rings (SSSR count). The van der Waals surface area contributed by atoms with E-state index < -0.39 is 0 Å². The lowest BCUT2D eigenvalue weighted by Crippen LogP contribution is -2.56. The van der Waals surface area contributed by atoms with Gasteiger partial charge in [-0.3, -0.25) is 9.88 Å². The molecule has 22 heavy (non-hydrogen) atoms. The highest BCUT2D eigenvalue weighted by Crippen LogP contribution is 2.35. The zero-order valence-corrected chi connectivity index (χ0v) is 12.7. The summed E-state index contributed by atoms with van der Waals surface area (Å²) in [6.07, 6.45) is 4.40. The fourth-order valence-electron chi connectivity index (χ4n) is 3.91. The van der Waals surface area contributed by atoms with E-state index in [0.29, 0.717) is 0 Å². The summed E-state index contributed by atoms with van der Waals surface area (Å²) in [7, 11) is 0. The van der Waals surface area contributed by atoms with Crippen molar-refractivity contribution in [3.8, 4) is 0 Å². The molecule has 0 unspecified atom stereocenters. The molecule has 0 aliphatic carbocycles. The summed E-state index contributed by atoms with van der Waals surface area (Å²) in [4.78, 5) is 6.85. The molecule has 2 fully saturated rings. The van der Waals surface area contributed by atoms with Crippen molar-refractivity contribution in [3.63, 3.8) is 0 Å². The lowest BCUT2D eigenvalue weighted by atomic mass is 9.87. The predicted octanol–water partition coefficient (Wildman–Crippen LogP) is 2.35. The van der Waals surface area contributed by atoms with Gasteiger partial charge in [0, 0.05) is 37.8 Å². The minimum absolute atomic E-state index is 0.319. The Labute approximate surface area is 130 Å². The summed E-state index contributed by atoms with van der Waals surface area (Å²) in [5.41, 5.74) is 2.01. The first-order valence-electron chi connectivity index (χ1n) is 8.14. The van der Waals surface area contributed by atoms with Gasteiger partial charge < -0.3 is 9.84 Å². The van der Waals surface area contributed by atoms with E-state index in [1.165, 1.54) is 10.9 Å². The Kier molecular flexibility index (Phi) is 3.60. The van der Waals surface area contributed by atoms with Gasteiger partial charge in [0.05, 0.1) is 11.6 Å². The van der Waals surface area contributed by atoms with Crippen LogP contribution in [0.2, 0.25) is 0 Å². The Morgan fingerprint density at radius 1 is 1.32 bits per heavy atom. The van der Waals surface area contributed by atoms with E-state index in [1.807, 2.05) is 12.3 Å². The van der Waals surface area contributed by atoms with Crippen LogP contribution in [-0.2, 0) is 11.3 Å². The van der Waals surface area contributed by atoms with Crippen LogP contribution in [0.15, 0.2) is 36.5 Å².